The molecule has 1 aromatic carbocycles. The Morgan fingerprint density at radius 1 is 1.15 bits per heavy atom. The van der Waals surface area contributed by atoms with Crippen molar-refractivity contribution in [3.05, 3.63) is 48.3 Å². The minimum atomic E-state index is -3.97. The second-order valence-electron chi connectivity index (χ2n) is 7.07. The van der Waals surface area contributed by atoms with E-state index in [0.29, 0.717) is 18.8 Å². The highest BCUT2D eigenvalue weighted by Gasteiger charge is 2.35. The molecule has 2 heterocycles. The Bertz CT molecular complexity index is 1080. The van der Waals surface area contributed by atoms with Crippen molar-refractivity contribution in [2.24, 2.45) is 0 Å². The maximum Gasteiger partial charge on any atom is 0.309 e. The molecule has 1 fully saturated rings. The summed E-state index contributed by atoms with van der Waals surface area (Å²) in [5.74, 6) is -1.07. The third-order valence-electron chi connectivity index (χ3n) is 4.94. The van der Waals surface area contributed by atoms with Gasteiger partial charge < -0.3 is 24.8 Å². The van der Waals surface area contributed by atoms with Crippen molar-refractivity contribution in [2.75, 3.05) is 33.9 Å². The molecule has 33 heavy (non-hydrogen) atoms. The van der Waals surface area contributed by atoms with Crippen LogP contribution in [0.5, 0.6) is 11.5 Å². The first-order chi connectivity index (χ1) is 15.9. The van der Waals surface area contributed by atoms with E-state index in [-0.39, 0.29) is 30.3 Å². The molecule has 1 aromatic heterocycles. The van der Waals surface area contributed by atoms with Crippen molar-refractivity contribution in [3.8, 4) is 11.5 Å². The summed E-state index contributed by atoms with van der Waals surface area (Å²) >= 11 is 0. The molecule has 2 aromatic rings. The van der Waals surface area contributed by atoms with E-state index in [1.165, 1.54) is 32.4 Å². The standard InChI is InChI=1S/C21H26N4O7S/c1-30-17-7-6-16(11-18(17)31-2)33(28,29)25-9-4-10-32-19(25)14-24-21(27)20(26)23-13-15-5-3-8-22-12-15/h3,5-8,11-12,19H,4,9-10,13-14H2,1-2H3,(H,23,26)(H,24,27). The number of amides is 2. The minimum Gasteiger partial charge on any atom is -0.493 e. The molecular formula is C21H26N4O7S. The first-order valence-electron chi connectivity index (χ1n) is 10.2. The van der Waals surface area contributed by atoms with E-state index in [9.17, 15) is 18.0 Å². The van der Waals surface area contributed by atoms with Crippen LogP contribution in [0.4, 0.5) is 0 Å². The van der Waals surface area contributed by atoms with Gasteiger partial charge in [-0.1, -0.05) is 6.07 Å². The number of methoxy groups -OCH3 is 2. The van der Waals surface area contributed by atoms with Gasteiger partial charge in [0.05, 0.1) is 32.3 Å². The fourth-order valence-electron chi connectivity index (χ4n) is 3.24. The van der Waals surface area contributed by atoms with Crippen LogP contribution in [0.2, 0.25) is 0 Å². The summed E-state index contributed by atoms with van der Waals surface area (Å²) < 4.78 is 43.6. The highest BCUT2D eigenvalue weighted by molar-refractivity contribution is 7.89. The second-order valence-corrected chi connectivity index (χ2v) is 8.96. The molecule has 3 rings (SSSR count). The summed E-state index contributed by atoms with van der Waals surface area (Å²) in [7, 11) is -1.10. The highest BCUT2D eigenvalue weighted by Crippen LogP contribution is 2.31. The van der Waals surface area contributed by atoms with Crippen molar-refractivity contribution in [2.45, 2.75) is 24.1 Å². The SMILES string of the molecule is COc1ccc(S(=O)(=O)N2CCCOC2CNC(=O)C(=O)NCc2cccnc2)cc1OC. The number of carbonyl (C=O) groups is 2. The van der Waals surface area contributed by atoms with Crippen LogP contribution in [0.3, 0.4) is 0 Å². The van der Waals surface area contributed by atoms with Crippen LogP contribution in [0.25, 0.3) is 0 Å². The van der Waals surface area contributed by atoms with Crippen molar-refractivity contribution < 1.29 is 32.2 Å². The number of pyridine rings is 1. The Balaban J connectivity index is 1.65. The Labute approximate surface area is 192 Å². The van der Waals surface area contributed by atoms with Gasteiger partial charge in [0, 0.05) is 31.5 Å². The molecule has 0 aliphatic carbocycles. The number of sulfonamides is 1. The molecule has 1 aliphatic heterocycles. The molecule has 0 radical (unpaired) electrons. The van der Waals surface area contributed by atoms with E-state index in [0.717, 1.165) is 9.87 Å². The van der Waals surface area contributed by atoms with Gasteiger partial charge in [-0.3, -0.25) is 14.6 Å². The lowest BCUT2D eigenvalue weighted by atomic mass is 10.3. The van der Waals surface area contributed by atoms with Gasteiger partial charge in [-0.2, -0.15) is 4.31 Å². The van der Waals surface area contributed by atoms with Gasteiger partial charge in [-0.25, -0.2) is 8.42 Å². The van der Waals surface area contributed by atoms with E-state index < -0.39 is 28.1 Å². The summed E-state index contributed by atoms with van der Waals surface area (Å²) in [5, 5.41) is 4.93. The zero-order valence-corrected chi connectivity index (χ0v) is 19.1. The lowest BCUT2D eigenvalue weighted by molar-refractivity contribution is -0.140. The molecule has 0 spiro atoms. The van der Waals surface area contributed by atoms with Gasteiger partial charge >= 0.3 is 11.8 Å². The van der Waals surface area contributed by atoms with Crippen molar-refractivity contribution >= 4 is 21.8 Å². The number of aromatic nitrogens is 1. The van der Waals surface area contributed by atoms with E-state index in [4.69, 9.17) is 14.2 Å². The number of hydrogen-bond acceptors (Lipinski definition) is 8. The predicted octanol–water partition coefficient (Wildman–Crippen LogP) is 0.269. The zero-order valence-electron chi connectivity index (χ0n) is 18.3. The fraction of sp³-hybridized carbons (Fsp3) is 0.381. The third kappa shape index (κ3) is 5.97. The maximum absolute atomic E-state index is 13.3. The molecule has 2 amide bonds. The normalized spacial score (nSPS) is 16.6. The van der Waals surface area contributed by atoms with Crippen LogP contribution in [0.1, 0.15) is 12.0 Å². The van der Waals surface area contributed by atoms with Crippen molar-refractivity contribution in [1.82, 2.24) is 19.9 Å². The monoisotopic (exact) mass is 478 g/mol. The van der Waals surface area contributed by atoms with Gasteiger partial charge in [0.2, 0.25) is 10.0 Å². The largest absolute Gasteiger partial charge is 0.493 e. The first-order valence-corrected chi connectivity index (χ1v) is 11.6. The Hall–Kier alpha value is -3.22. The van der Waals surface area contributed by atoms with Crippen molar-refractivity contribution in [3.63, 3.8) is 0 Å². The molecule has 12 heteroatoms. The van der Waals surface area contributed by atoms with Gasteiger partial charge in [0.25, 0.3) is 0 Å². The molecular weight excluding hydrogens is 452 g/mol. The van der Waals surface area contributed by atoms with Gasteiger partial charge in [-0.15, -0.1) is 0 Å². The van der Waals surface area contributed by atoms with E-state index in [1.54, 1.807) is 24.5 Å². The van der Waals surface area contributed by atoms with Gasteiger partial charge in [0.15, 0.2) is 11.5 Å². The first kappa shape index (κ1) is 24.4. The number of carbonyl (C=O) groups excluding carboxylic acids is 2. The summed E-state index contributed by atoms with van der Waals surface area (Å²) in [6.07, 6.45) is 2.70. The number of rotatable bonds is 8. The molecule has 2 N–H and O–H groups in total. The van der Waals surface area contributed by atoms with E-state index >= 15 is 0 Å². The average molecular weight is 479 g/mol. The summed E-state index contributed by atoms with van der Waals surface area (Å²) in [5.41, 5.74) is 0.737. The van der Waals surface area contributed by atoms with Crippen molar-refractivity contribution in [1.29, 1.82) is 0 Å². The number of nitrogens with zero attached hydrogens (tertiary/aromatic N) is 2. The molecule has 0 saturated carbocycles. The van der Waals surface area contributed by atoms with Crippen LogP contribution in [0, 0.1) is 0 Å². The average Bonchev–Trinajstić information content (AvgIpc) is 2.86. The second kappa shape index (κ2) is 11.1. The molecule has 178 valence electrons. The number of benzene rings is 1. The van der Waals surface area contributed by atoms with Crippen LogP contribution >= 0.6 is 0 Å². The minimum absolute atomic E-state index is 0.00353. The Kier molecular flexibility index (Phi) is 8.20. The fourth-order valence-corrected chi connectivity index (χ4v) is 4.82. The lowest BCUT2D eigenvalue weighted by Crippen LogP contribution is -2.53. The van der Waals surface area contributed by atoms with E-state index in [1.807, 2.05) is 0 Å². The number of nitrogens with one attached hydrogen (secondary N) is 2. The summed E-state index contributed by atoms with van der Waals surface area (Å²) in [6, 6.07) is 7.75. The summed E-state index contributed by atoms with van der Waals surface area (Å²) in [4.78, 5) is 28.2. The molecule has 1 saturated heterocycles. The lowest BCUT2D eigenvalue weighted by Gasteiger charge is -2.34. The zero-order chi connectivity index (χ0) is 23.8. The third-order valence-corrected chi connectivity index (χ3v) is 6.82. The molecule has 11 nitrogen and oxygen atoms in total. The maximum atomic E-state index is 13.3. The Morgan fingerprint density at radius 2 is 1.91 bits per heavy atom. The Morgan fingerprint density at radius 3 is 2.61 bits per heavy atom. The van der Waals surface area contributed by atoms with Gasteiger partial charge in [-0.05, 0) is 30.2 Å². The van der Waals surface area contributed by atoms with Gasteiger partial charge in [0.1, 0.15) is 6.23 Å². The predicted molar refractivity (Wildman–Crippen MR) is 117 cm³/mol. The highest BCUT2D eigenvalue weighted by atomic mass is 32.2. The van der Waals surface area contributed by atoms with Crippen LogP contribution in [-0.4, -0.2) is 69.7 Å². The molecule has 1 atom stereocenters. The quantitative estimate of drug-likeness (QED) is 0.516. The van der Waals surface area contributed by atoms with Crippen LogP contribution in [0.15, 0.2) is 47.6 Å². The van der Waals surface area contributed by atoms with E-state index in [2.05, 4.69) is 15.6 Å². The molecule has 1 unspecified atom stereocenters. The number of ether oxygens (including phenoxy) is 3. The molecule has 0 bridgehead atoms. The number of hydrogen-bond donors (Lipinski definition) is 2. The smallest absolute Gasteiger partial charge is 0.309 e. The van der Waals surface area contributed by atoms with Crippen LogP contribution < -0.4 is 20.1 Å². The molecule has 1 aliphatic rings. The topological polar surface area (TPSA) is 136 Å². The van der Waals surface area contributed by atoms with Crippen LogP contribution in [-0.2, 0) is 30.9 Å². The summed E-state index contributed by atoms with van der Waals surface area (Å²) in [6.45, 7) is 0.474.